The number of halogens is 3. The highest BCUT2D eigenvalue weighted by Crippen LogP contribution is 2.37. The fourth-order valence-electron chi connectivity index (χ4n) is 2.94. The number of rotatable bonds is 5. The molecule has 0 saturated heterocycles. The molecule has 0 aliphatic heterocycles. The van der Waals surface area contributed by atoms with Gasteiger partial charge in [-0.25, -0.2) is 0 Å². The highest BCUT2D eigenvalue weighted by molar-refractivity contribution is 7.88. The molecule has 11 heteroatoms. The van der Waals surface area contributed by atoms with Gasteiger partial charge in [0.25, 0.3) is 10.1 Å². The van der Waals surface area contributed by atoms with Crippen molar-refractivity contribution in [2.24, 2.45) is 5.92 Å². The zero-order valence-corrected chi connectivity index (χ0v) is 16.9. The lowest BCUT2D eigenvalue weighted by atomic mass is 9.77. The van der Waals surface area contributed by atoms with Gasteiger partial charge in [0.15, 0.2) is 0 Å². The number of alkyl halides is 3. The first-order valence-electron chi connectivity index (χ1n) is 8.37. The maximum absolute atomic E-state index is 12.3. The third-order valence-electron chi connectivity index (χ3n) is 4.19. The predicted molar refractivity (Wildman–Crippen MR) is 99.0 cm³/mol. The van der Waals surface area contributed by atoms with Crippen LogP contribution in [0.5, 0.6) is 5.75 Å². The summed E-state index contributed by atoms with van der Waals surface area (Å²) in [4.78, 5) is 0. The average molecular weight is 444 g/mol. The minimum atomic E-state index is -5.61. The molecule has 0 spiro atoms. The Labute approximate surface area is 163 Å². The van der Waals surface area contributed by atoms with E-state index in [2.05, 4.69) is 10.8 Å². The highest BCUT2D eigenvalue weighted by Gasteiger charge is 2.48. The molecule has 0 amide bonds. The van der Waals surface area contributed by atoms with Crippen molar-refractivity contribution in [3.05, 3.63) is 42.5 Å². The van der Waals surface area contributed by atoms with E-state index >= 15 is 0 Å². The highest BCUT2D eigenvalue weighted by atomic mass is 32.2. The van der Waals surface area contributed by atoms with Gasteiger partial charge in [-0.1, -0.05) is 18.2 Å². The first-order valence-corrected chi connectivity index (χ1v) is 11.6. The van der Waals surface area contributed by atoms with Crippen molar-refractivity contribution >= 4 is 20.2 Å². The van der Waals surface area contributed by atoms with Gasteiger partial charge in [-0.3, -0.25) is 4.55 Å². The fraction of sp³-hybridized carbons (Fsp3) is 0.529. The molecule has 28 heavy (non-hydrogen) atoms. The molecule has 0 unspecified atom stereocenters. The molecule has 0 atom stereocenters. The largest absolute Gasteiger partial charge is 0.534 e. The third kappa shape index (κ3) is 8.61. The fourth-order valence-corrected chi connectivity index (χ4v) is 3.40. The second-order valence-electron chi connectivity index (χ2n) is 6.53. The summed E-state index contributed by atoms with van der Waals surface area (Å²) in [7, 11) is -9.28. The molecule has 160 valence electrons. The first-order chi connectivity index (χ1) is 12.7. The Kier molecular flexibility index (Phi) is 8.51. The van der Waals surface area contributed by atoms with Gasteiger partial charge in [-0.15, -0.1) is 6.58 Å². The summed E-state index contributed by atoms with van der Waals surface area (Å²) in [6.07, 6.45) is 7.87. The Morgan fingerprint density at radius 2 is 1.57 bits per heavy atom. The van der Waals surface area contributed by atoms with Crippen LogP contribution in [0.3, 0.4) is 0 Å². The molecule has 1 aromatic carbocycles. The molecule has 1 N–H and O–H groups in total. The third-order valence-corrected chi connectivity index (χ3v) is 5.17. The summed E-state index contributed by atoms with van der Waals surface area (Å²) < 4.78 is 88.7. The molecule has 0 aromatic heterocycles. The molecule has 6 nitrogen and oxygen atoms in total. The summed E-state index contributed by atoms with van der Waals surface area (Å²) in [5.74, 6) is 0.680. The maximum atomic E-state index is 12.3. The van der Waals surface area contributed by atoms with Crippen LogP contribution in [0.2, 0.25) is 0 Å². The van der Waals surface area contributed by atoms with E-state index in [0.29, 0.717) is 18.1 Å². The van der Waals surface area contributed by atoms with Gasteiger partial charge >= 0.3 is 15.6 Å². The quantitative estimate of drug-likeness (QED) is 0.315. The van der Waals surface area contributed by atoms with E-state index in [1.165, 1.54) is 12.1 Å². The zero-order valence-electron chi connectivity index (χ0n) is 15.2. The minimum absolute atomic E-state index is 0.327. The molecule has 1 aliphatic rings. The molecule has 1 fully saturated rings. The maximum Gasteiger partial charge on any atom is 0.534 e. The van der Waals surface area contributed by atoms with Crippen molar-refractivity contribution < 1.29 is 38.7 Å². The van der Waals surface area contributed by atoms with E-state index in [1.807, 2.05) is 6.08 Å². The van der Waals surface area contributed by atoms with Crippen LogP contribution < -0.4 is 4.18 Å². The second kappa shape index (κ2) is 9.75. The molecule has 1 aliphatic carbocycles. The standard InChI is InChI=1S/C16H19F3O3S.CH4O3S/c1-2-3-12-4-6-13(7-5-12)14-8-10-15(11-9-14)22-23(20,21)16(17,18)19;1-5(2,3)4/h2,8-13H,1,3-7H2;1H3,(H,2,3,4). The summed E-state index contributed by atoms with van der Waals surface area (Å²) in [5, 5.41) is 0. The van der Waals surface area contributed by atoms with Crippen LogP contribution in [0.1, 0.15) is 43.6 Å². The molecule has 1 aromatic rings. The number of allylic oxidation sites excluding steroid dienone is 1. The van der Waals surface area contributed by atoms with Crippen molar-refractivity contribution in [1.82, 2.24) is 0 Å². The normalized spacial score (nSPS) is 20.6. The van der Waals surface area contributed by atoms with Crippen LogP contribution in [0.15, 0.2) is 36.9 Å². The van der Waals surface area contributed by atoms with Crippen molar-refractivity contribution in [3.63, 3.8) is 0 Å². The molecule has 2 rings (SSSR count). The lowest BCUT2D eigenvalue weighted by Crippen LogP contribution is -2.28. The number of benzene rings is 1. The predicted octanol–water partition coefficient (Wildman–Crippen LogP) is 4.27. The molecule has 0 radical (unpaired) electrons. The summed E-state index contributed by atoms with van der Waals surface area (Å²) in [6.45, 7) is 3.75. The van der Waals surface area contributed by atoms with Gasteiger partial charge in [0.2, 0.25) is 0 Å². The van der Waals surface area contributed by atoms with E-state index < -0.39 is 25.7 Å². The molecule has 0 heterocycles. The van der Waals surface area contributed by atoms with Crippen molar-refractivity contribution in [2.75, 3.05) is 6.26 Å². The van der Waals surface area contributed by atoms with Crippen molar-refractivity contribution in [1.29, 1.82) is 0 Å². The van der Waals surface area contributed by atoms with Crippen molar-refractivity contribution in [3.8, 4) is 5.75 Å². The molecule has 1 saturated carbocycles. The average Bonchev–Trinajstić information content (AvgIpc) is 2.54. The van der Waals surface area contributed by atoms with E-state index in [1.54, 1.807) is 12.1 Å². The van der Waals surface area contributed by atoms with Gasteiger partial charge in [0, 0.05) is 0 Å². The van der Waals surface area contributed by atoms with E-state index in [-0.39, 0.29) is 5.75 Å². The van der Waals surface area contributed by atoms with Crippen LogP contribution in [-0.4, -0.2) is 33.2 Å². The van der Waals surface area contributed by atoms with E-state index in [9.17, 15) is 30.0 Å². The summed E-state index contributed by atoms with van der Waals surface area (Å²) in [6, 6.07) is 5.82. The van der Waals surface area contributed by atoms with E-state index in [0.717, 1.165) is 37.7 Å². The van der Waals surface area contributed by atoms with Crippen molar-refractivity contribution in [2.45, 2.75) is 43.5 Å². The van der Waals surface area contributed by atoms with Crippen LogP contribution >= 0.6 is 0 Å². The first kappa shape index (κ1) is 24.4. The monoisotopic (exact) mass is 444 g/mol. The summed E-state index contributed by atoms with van der Waals surface area (Å²) >= 11 is 0. The van der Waals surface area contributed by atoms with E-state index in [4.69, 9.17) is 4.55 Å². The SMILES string of the molecule is C=CCC1CCC(c2ccc(OS(=O)(=O)C(F)(F)F)cc2)CC1.CS(=O)(=O)O. The van der Waals surface area contributed by atoms with Crippen LogP contribution in [0, 0.1) is 5.92 Å². The molecular formula is C17H23F3O6S2. The Morgan fingerprint density at radius 1 is 1.11 bits per heavy atom. The second-order valence-corrected chi connectivity index (χ2v) is 9.53. The van der Waals surface area contributed by atoms with Gasteiger partial charge < -0.3 is 4.18 Å². The number of hydrogen-bond donors (Lipinski definition) is 1. The van der Waals surface area contributed by atoms with Crippen LogP contribution in [0.4, 0.5) is 13.2 Å². The van der Waals surface area contributed by atoms with Gasteiger partial charge in [0.05, 0.1) is 6.26 Å². The molecule has 0 bridgehead atoms. The smallest absolute Gasteiger partial charge is 0.376 e. The van der Waals surface area contributed by atoms with Crippen LogP contribution in [-0.2, 0) is 20.2 Å². The lowest BCUT2D eigenvalue weighted by molar-refractivity contribution is -0.0500. The summed E-state index contributed by atoms with van der Waals surface area (Å²) in [5.41, 5.74) is -4.42. The lowest BCUT2D eigenvalue weighted by Gasteiger charge is -2.28. The number of hydrogen-bond acceptors (Lipinski definition) is 5. The Bertz CT molecular complexity index is 830. The topological polar surface area (TPSA) is 97.7 Å². The molecular weight excluding hydrogens is 421 g/mol. The van der Waals surface area contributed by atoms with Gasteiger partial charge in [0.1, 0.15) is 5.75 Å². The Balaban J connectivity index is 0.000000696. The van der Waals surface area contributed by atoms with Gasteiger partial charge in [-0.2, -0.15) is 30.0 Å². The van der Waals surface area contributed by atoms with Crippen LogP contribution in [0.25, 0.3) is 0 Å². The zero-order chi connectivity index (χ0) is 21.6. The van der Waals surface area contributed by atoms with Gasteiger partial charge in [-0.05, 0) is 61.6 Å². The Morgan fingerprint density at radius 3 is 1.96 bits per heavy atom. The minimum Gasteiger partial charge on any atom is -0.376 e. The Hall–Kier alpha value is -1.59.